The number of hydrogen-bond donors (Lipinski definition) is 1. The summed E-state index contributed by atoms with van der Waals surface area (Å²) in [4.78, 5) is 41.5. The van der Waals surface area contributed by atoms with E-state index in [2.05, 4.69) is 10.3 Å². The van der Waals surface area contributed by atoms with Crippen LogP contribution in [-0.2, 0) is 9.47 Å². The zero-order valence-corrected chi connectivity index (χ0v) is 17.9. The van der Waals surface area contributed by atoms with Crippen molar-refractivity contribution in [2.24, 2.45) is 0 Å². The fourth-order valence-corrected chi connectivity index (χ4v) is 3.79. The molecule has 1 saturated carbocycles. The van der Waals surface area contributed by atoms with E-state index >= 15 is 0 Å². The summed E-state index contributed by atoms with van der Waals surface area (Å²) >= 11 is 0. The zero-order chi connectivity index (χ0) is 21.9. The summed E-state index contributed by atoms with van der Waals surface area (Å²) < 4.78 is 12.3. The standard InChI is InChI=1S/C22H29N3O5/c1-5-29-20(27)17-13-25(19-16(18(17)26)7-6-12-23-19)15-10-8-14(9-11-15)24-21(28)30-22(2,3)4/h6-7,12-15H,5,8-11H2,1-4H3,(H,24,28). The van der Waals surface area contributed by atoms with E-state index in [9.17, 15) is 14.4 Å². The molecule has 2 aromatic heterocycles. The summed E-state index contributed by atoms with van der Waals surface area (Å²) in [6, 6.07) is 3.46. The molecule has 1 N–H and O–H groups in total. The molecule has 0 unspecified atom stereocenters. The number of hydrogen-bond acceptors (Lipinski definition) is 6. The van der Waals surface area contributed by atoms with Crippen molar-refractivity contribution < 1.29 is 19.1 Å². The number of fused-ring (bicyclic) bond motifs is 1. The van der Waals surface area contributed by atoms with Crippen LogP contribution in [-0.4, -0.2) is 39.9 Å². The molecule has 1 aliphatic carbocycles. The first-order valence-electron chi connectivity index (χ1n) is 10.4. The van der Waals surface area contributed by atoms with Crippen molar-refractivity contribution in [2.45, 2.75) is 71.1 Å². The molecule has 30 heavy (non-hydrogen) atoms. The van der Waals surface area contributed by atoms with E-state index in [0.29, 0.717) is 11.0 Å². The van der Waals surface area contributed by atoms with Crippen molar-refractivity contribution in [3.63, 3.8) is 0 Å². The Morgan fingerprint density at radius 3 is 2.57 bits per heavy atom. The maximum absolute atomic E-state index is 12.8. The van der Waals surface area contributed by atoms with Crippen molar-refractivity contribution in [1.82, 2.24) is 14.9 Å². The minimum atomic E-state index is -0.623. The van der Waals surface area contributed by atoms with Gasteiger partial charge in [0, 0.05) is 24.5 Å². The number of amides is 1. The minimum absolute atomic E-state index is 0.0198. The van der Waals surface area contributed by atoms with E-state index < -0.39 is 17.7 Å². The number of aromatic nitrogens is 2. The van der Waals surface area contributed by atoms with Gasteiger partial charge in [-0.3, -0.25) is 4.79 Å². The SMILES string of the molecule is CCOC(=O)c1cn(C2CCC(NC(=O)OC(C)(C)C)CC2)c2ncccc2c1=O. The van der Waals surface area contributed by atoms with Gasteiger partial charge in [-0.2, -0.15) is 0 Å². The Bertz CT molecular complexity index is 984. The molecule has 0 saturated heterocycles. The molecule has 162 valence electrons. The fourth-order valence-electron chi connectivity index (χ4n) is 3.79. The lowest BCUT2D eigenvalue weighted by Crippen LogP contribution is -2.41. The summed E-state index contributed by atoms with van der Waals surface area (Å²) in [6.45, 7) is 7.40. The summed E-state index contributed by atoms with van der Waals surface area (Å²) in [5, 5.41) is 3.33. The predicted octanol–water partition coefficient (Wildman–Crippen LogP) is 3.58. The molecule has 0 bridgehead atoms. The van der Waals surface area contributed by atoms with Gasteiger partial charge in [0.25, 0.3) is 0 Å². The predicted molar refractivity (Wildman–Crippen MR) is 113 cm³/mol. The minimum Gasteiger partial charge on any atom is -0.462 e. The molecule has 0 aliphatic heterocycles. The highest BCUT2D eigenvalue weighted by atomic mass is 16.6. The van der Waals surface area contributed by atoms with Crippen LogP contribution in [0.15, 0.2) is 29.3 Å². The van der Waals surface area contributed by atoms with Crippen LogP contribution >= 0.6 is 0 Å². The molecule has 1 fully saturated rings. The Balaban J connectivity index is 1.81. The van der Waals surface area contributed by atoms with E-state index in [1.807, 2.05) is 25.3 Å². The van der Waals surface area contributed by atoms with Gasteiger partial charge >= 0.3 is 12.1 Å². The van der Waals surface area contributed by atoms with Gasteiger partial charge in [-0.05, 0) is 65.5 Å². The summed E-state index contributed by atoms with van der Waals surface area (Å²) in [7, 11) is 0. The maximum Gasteiger partial charge on any atom is 0.407 e. The molecule has 8 heteroatoms. The number of rotatable bonds is 4. The monoisotopic (exact) mass is 415 g/mol. The number of nitrogens with zero attached hydrogens (tertiary/aromatic N) is 2. The van der Waals surface area contributed by atoms with Gasteiger partial charge < -0.3 is 19.4 Å². The molecule has 0 atom stereocenters. The third kappa shape index (κ3) is 4.98. The Labute approximate surface area is 175 Å². The van der Waals surface area contributed by atoms with Crippen LogP contribution in [0.2, 0.25) is 0 Å². The van der Waals surface area contributed by atoms with Crippen molar-refractivity contribution >= 4 is 23.1 Å². The largest absolute Gasteiger partial charge is 0.462 e. The Morgan fingerprint density at radius 2 is 1.93 bits per heavy atom. The van der Waals surface area contributed by atoms with Crippen molar-refractivity contribution in [3.8, 4) is 0 Å². The normalized spacial score (nSPS) is 19.3. The van der Waals surface area contributed by atoms with Crippen molar-refractivity contribution in [1.29, 1.82) is 0 Å². The van der Waals surface area contributed by atoms with E-state index in [1.54, 1.807) is 31.5 Å². The van der Waals surface area contributed by atoms with Gasteiger partial charge in [-0.25, -0.2) is 14.6 Å². The van der Waals surface area contributed by atoms with Crippen LogP contribution in [0.5, 0.6) is 0 Å². The second-order valence-corrected chi connectivity index (χ2v) is 8.53. The van der Waals surface area contributed by atoms with Crippen LogP contribution in [0.1, 0.15) is 69.8 Å². The first-order valence-corrected chi connectivity index (χ1v) is 10.4. The number of alkyl carbamates (subject to hydrolysis) is 1. The Hall–Kier alpha value is -2.90. The average Bonchev–Trinajstić information content (AvgIpc) is 2.68. The first kappa shape index (κ1) is 21.8. The van der Waals surface area contributed by atoms with Gasteiger partial charge in [0.05, 0.1) is 12.0 Å². The highest BCUT2D eigenvalue weighted by molar-refractivity contribution is 5.93. The quantitative estimate of drug-likeness (QED) is 0.766. The summed E-state index contributed by atoms with van der Waals surface area (Å²) in [5.41, 5.74) is -0.329. The fraction of sp³-hybridized carbons (Fsp3) is 0.545. The molecule has 1 aliphatic rings. The molecule has 8 nitrogen and oxygen atoms in total. The topological polar surface area (TPSA) is 99.5 Å². The molecule has 2 aromatic rings. The molecule has 1 amide bonds. The number of ether oxygens (including phenoxy) is 2. The lowest BCUT2D eigenvalue weighted by molar-refractivity contribution is 0.0483. The van der Waals surface area contributed by atoms with Crippen molar-refractivity contribution in [2.75, 3.05) is 6.61 Å². The third-order valence-electron chi connectivity index (χ3n) is 5.09. The lowest BCUT2D eigenvalue weighted by atomic mass is 9.90. The Morgan fingerprint density at radius 1 is 1.23 bits per heavy atom. The summed E-state index contributed by atoms with van der Waals surface area (Å²) in [5.74, 6) is -0.623. The Kier molecular flexibility index (Phi) is 6.43. The molecule has 0 radical (unpaired) electrons. The van der Waals surface area contributed by atoms with E-state index in [-0.39, 0.29) is 29.7 Å². The van der Waals surface area contributed by atoms with E-state index in [4.69, 9.17) is 9.47 Å². The summed E-state index contributed by atoms with van der Waals surface area (Å²) in [6.07, 6.45) is 5.87. The highest BCUT2D eigenvalue weighted by Crippen LogP contribution is 2.30. The lowest BCUT2D eigenvalue weighted by Gasteiger charge is -2.32. The first-order chi connectivity index (χ1) is 14.2. The number of esters is 1. The zero-order valence-electron chi connectivity index (χ0n) is 17.9. The molecule has 2 heterocycles. The van der Waals surface area contributed by atoms with Crippen LogP contribution < -0.4 is 10.7 Å². The van der Waals surface area contributed by atoms with Gasteiger partial charge in [-0.15, -0.1) is 0 Å². The second kappa shape index (κ2) is 8.85. The van der Waals surface area contributed by atoms with E-state index in [0.717, 1.165) is 25.7 Å². The smallest absolute Gasteiger partial charge is 0.407 e. The maximum atomic E-state index is 12.8. The number of pyridine rings is 2. The molecule has 0 spiro atoms. The van der Waals surface area contributed by atoms with Gasteiger partial charge in [0.2, 0.25) is 5.43 Å². The number of nitrogens with one attached hydrogen (secondary N) is 1. The third-order valence-corrected chi connectivity index (χ3v) is 5.09. The molecule has 0 aromatic carbocycles. The molecular formula is C22H29N3O5. The average molecular weight is 415 g/mol. The van der Waals surface area contributed by atoms with Gasteiger partial charge in [0.1, 0.15) is 16.8 Å². The van der Waals surface area contributed by atoms with Crippen LogP contribution in [0.25, 0.3) is 11.0 Å². The number of carbonyl (C=O) groups excluding carboxylic acids is 2. The molecule has 3 rings (SSSR count). The molecular weight excluding hydrogens is 386 g/mol. The second-order valence-electron chi connectivity index (χ2n) is 8.53. The van der Waals surface area contributed by atoms with Crippen LogP contribution in [0, 0.1) is 0 Å². The van der Waals surface area contributed by atoms with Crippen molar-refractivity contribution in [3.05, 3.63) is 40.3 Å². The van der Waals surface area contributed by atoms with Crippen LogP contribution in [0.3, 0.4) is 0 Å². The van der Waals surface area contributed by atoms with Gasteiger partial charge in [-0.1, -0.05) is 0 Å². The number of carbonyl (C=O) groups is 2. The van der Waals surface area contributed by atoms with E-state index in [1.165, 1.54) is 0 Å². The van der Waals surface area contributed by atoms with Crippen LogP contribution in [0.4, 0.5) is 4.79 Å². The highest BCUT2D eigenvalue weighted by Gasteiger charge is 2.27. The van der Waals surface area contributed by atoms with Gasteiger partial charge in [0.15, 0.2) is 0 Å².